The predicted molar refractivity (Wildman–Crippen MR) is 74.8 cm³/mol. The van der Waals surface area contributed by atoms with Crippen molar-refractivity contribution in [3.05, 3.63) is 30.0 Å². The average Bonchev–Trinajstić information content (AvgIpc) is 2.95. The summed E-state index contributed by atoms with van der Waals surface area (Å²) in [5, 5.41) is 9.73. The Labute approximate surface area is 108 Å². The topological polar surface area (TPSA) is 29.9 Å². The van der Waals surface area contributed by atoms with Gasteiger partial charge in [-0.3, -0.25) is 4.68 Å². The summed E-state index contributed by atoms with van der Waals surface area (Å²) in [5.41, 5.74) is 2.73. The summed E-state index contributed by atoms with van der Waals surface area (Å²) in [7, 11) is 0. The van der Waals surface area contributed by atoms with E-state index in [2.05, 4.69) is 48.1 Å². The van der Waals surface area contributed by atoms with E-state index in [-0.39, 0.29) is 5.54 Å². The molecule has 0 spiro atoms. The number of aryl methyl sites for hydroxylation is 1. The van der Waals surface area contributed by atoms with Crippen LogP contribution in [0.4, 0.5) is 0 Å². The lowest BCUT2D eigenvalue weighted by Crippen LogP contribution is -2.38. The van der Waals surface area contributed by atoms with Crippen molar-refractivity contribution in [1.82, 2.24) is 15.1 Å². The number of hydrogen-bond acceptors (Lipinski definition) is 2. The van der Waals surface area contributed by atoms with Gasteiger partial charge < -0.3 is 5.32 Å². The molecular weight excluding hydrogens is 222 g/mol. The van der Waals surface area contributed by atoms with E-state index < -0.39 is 0 Å². The van der Waals surface area contributed by atoms with E-state index in [1.54, 1.807) is 0 Å². The van der Waals surface area contributed by atoms with Crippen LogP contribution in [0.15, 0.2) is 24.3 Å². The molecule has 0 saturated carbocycles. The average molecular weight is 243 g/mol. The Balaban J connectivity index is 2.01. The van der Waals surface area contributed by atoms with E-state index in [4.69, 9.17) is 5.10 Å². The maximum absolute atomic E-state index is 4.79. The van der Waals surface area contributed by atoms with Crippen LogP contribution < -0.4 is 5.32 Å². The number of hydrogen-bond donors (Lipinski definition) is 1. The summed E-state index contributed by atoms with van der Waals surface area (Å²) in [4.78, 5) is 0. The summed E-state index contributed by atoms with van der Waals surface area (Å²) in [6.45, 7) is 6.55. The SMILES string of the molecule is CCn1nc(CC2(C)CCCN2)c2ccccc21. The zero-order valence-corrected chi connectivity index (χ0v) is 11.2. The molecule has 0 aliphatic carbocycles. The molecule has 1 aromatic heterocycles. The summed E-state index contributed by atoms with van der Waals surface area (Å²) >= 11 is 0. The van der Waals surface area contributed by atoms with Gasteiger partial charge in [-0.05, 0) is 39.3 Å². The molecule has 0 amide bonds. The van der Waals surface area contributed by atoms with Gasteiger partial charge in [-0.1, -0.05) is 18.2 Å². The minimum Gasteiger partial charge on any atom is -0.311 e. The normalized spacial score (nSPS) is 23.9. The van der Waals surface area contributed by atoms with Crippen molar-refractivity contribution in [2.45, 2.75) is 45.2 Å². The fraction of sp³-hybridized carbons (Fsp3) is 0.533. The third kappa shape index (κ3) is 1.93. The van der Waals surface area contributed by atoms with Crippen LogP contribution in [0.2, 0.25) is 0 Å². The minimum absolute atomic E-state index is 0.232. The largest absolute Gasteiger partial charge is 0.311 e. The quantitative estimate of drug-likeness (QED) is 0.898. The Morgan fingerprint density at radius 3 is 2.94 bits per heavy atom. The molecule has 1 aromatic carbocycles. The lowest BCUT2D eigenvalue weighted by Gasteiger charge is -2.23. The summed E-state index contributed by atoms with van der Waals surface area (Å²) < 4.78 is 2.11. The van der Waals surface area contributed by atoms with E-state index in [1.165, 1.54) is 29.4 Å². The van der Waals surface area contributed by atoms with Gasteiger partial charge in [0.1, 0.15) is 0 Å². The fourth-order valence-electron chi connectivity index (χ4n) is 3.05. The molecule has 18 heavy (non-hydrogen) atoms. The fourth-order valence-corrected chi connectivity index (χ4v) is 3.05. The minimum atomic E-state index is 0.232. The molecule has 1 fully saturated rings. The van der Waals surface area contributed by atoms with Crippen molar-refractivity contribution in [2.24, 2.45) is 0 Å². The molecule has 0 bridgehead atoms. The zero-order valence-electron chi connectivity index (χ0n) is 11.2. The standard InChI is InChI=1S/C15H21N3/c1-3-18-14-8-5-4-7-12(14)13(17-18)11-15(2)9-6-10-16-15/h4-5,7-8,16H,3,6,9-11H2,1-2H3. The molecule has 1 unspecified atom stereocenters. The third-order valence-electron chi connectivity index (χ3n) is 4.05. The van der Waals surface area contributed by atoms with Crippen LogP contribution in [0, 0.1) is 0 Å². The van der Waals surface area contributed by atoms with E-state index in [1.807, 2.05) is 0 Å². The first-order chi connectivity index (χ1) is 8.72. The van der Waals surface area contributed by atoms with Crippen LogP contribution in [0.3, 0.4) is 0 Å². The van der Waals surface area contributed by atoms with Gasteiger partial charge in [0.15, 0.2) is 0 Å². The molecule has 1 N–H and O–H groups in total. The smallest absolute Gasteiger partial charge is 0.0721 e. The second-order valence-corrected chi connectivity index (χ2v) is 5.55. The lowest BCUT2D eigenvalue weighted by molar-refractivity contribution is 0.407. The molecule has 2 aromatic rings. The van der Waals surface area contributed by atoms with Crippen molar-refractivity contribution in [2.75, 3.05) is 6.54 Å². The van der Waals surface area contributed by atoms with E-state index in [9.17, 15) is 0 Å². The van der Waals surface area contributed by atoms with Crippen LogP contribution in [-0.2, 0) is 13.0 Å². The Hall–Kier alpha value is -1.35. The van der Waals surface area contributed by atoms with E-state index >= 15 is 0 Å². The first kappa shape index (κ1) is 11.7. The van der Waals surface area contributed by atoms with Crippen LogP contribution >= 0.6 is 0 Å². The maximum atomic E-state index is 4.79. The second-order valence-electron chi connectivity index (χ2n) is 5.55. The maximum Gasteiger partial charge on any atom is 0.0721 e. The van der Waals surface area contributed by atoms with Crippen LogP contribution in [0.25, 0.3) is 10.9 Å². The highest BCUT2D eigenvalue weighted by Gasteiger charge is 2.29. The van der Waals surface area contributed by atoms with Gasteiger partial charge in [-0.15, -0.1) is 0 Å². The third-order valence-corrected chi connectivity index (χ3v) is 4.05. The molecule has 3 heteroatoms. The Kier molecular flexibility index (Phi) is 2.86. The summed E-state index contributed by atoms with van der Waals surface area (Å²) in [6.07, 6.45) is 3.56. The molecule has 2 heterocycles. The van der Waals surface area contributed by atoms with Gasteiger partial charge in [-0.2, -0.15) is 5.10 Å². The molecule has 1 aliphatic rings. The number of aromatic nitrogens is 2. The number of benzene rings is 1. The molecule has 3 nitrogen and oxygen atoms in total. The Morgan fingerprint density at radius 1 is 1.39 bits per heavy atom. The second kappa shape index (κ2) is 4.39. The molecule has 0 radical (unpaired) electrons. The number of rotatable bonds is 3. The molecule has 1 aliphatic heterocycles. The van der Waals surface area contributed by atoms with Gasteiger partial charge >= 0.3 is 0 Å². The van der Waals surface area contributed by atoms with Gasteiger partial charge in [0.2, 0.25) is 0 Å². The number of nitrogens with zero attached hydrogens (tertiary/aromatic N) is 2. The predicted octanol–water partition coefficient (Wildman–Crippen LogP) is 2.74. The highest BCUT2D eigenvalue weighted by Crippen LogP contribution is 2.27. The van der Waals surface area contributed by atoms with E-state index in [0.29, 0.717) is 0 Å². The van der Waals surface area contributed by atoms with Crippen LogP contribution in [0.5, 0.6) is 0 Å². The summed E-state index contributed by atoms with van der Waals surface area (Å²) in [5.74, 6) is 0. The molecule has 96 valence electrons. The van der Waals surface area contributed by atoms with Gasteiger partial charge in [0, 0.05) is 23.9 Å². The van der Waals surface area contributed by atoms with Gasteiger partial charge in [0.05, 0.1) is 11.2 Å². The number of fused-ring (bicyclic) bond motifs is 1. The highest BCUT2D eigenvalue weighted by molar-refractivity contribution is 5.82. The Bertz CT molecular complexity index is 550. The number of nitrogens with one attached hydrogen (secondary N) is 1. The first-order valence-corrected chi connectivity index (χ1v) is 6.91. The van der Waals surface area contributed by atoms with Crippen molar-refractivity contribution >= 4 is 10.9 Å². The van der Waals surface area contributed by atoms with Gasteiger partial charge in [-0.25, -0.2) is 0 Å². The van der Waals surface area contributed by atoms with Crippen molar-refractivity contribution in [3.8, 4) is 0 Å². The van der Waals surface area contributed by atoms with Crippen LogP contribution in [-0.4, -0.2) is 21.9 Å². The van der Waals surface area contributed by atoms with Crippen molar-refractivity contribution in [1.29, 1.82) is 0 Å². The number of para-hydroxylation sites is 1. The van der Waals surface area contributed by atoms with Crippen molar-refractivity contribution in [3.63, 3.8) is 0 Å². The zero-order chi connectivity index (χ0) is 12.6. The van der Waals surface area contributed by atoms with E-state index in [0.717, 1.165) is 19.5 Å². The van der Waals surface area contributed by atoms with Crippen molar-refractivity contribution < 1.29 is 0 Å². The molecule has 3 rings (SSSR count). The first-order valence-electron chi connectivity index (χ1n) is 6.91. The Morgan fingerprint density at radius 2 is 2.22 bits per heavy atom. The highest BCUT2D eigenvalue weighted by atomic mass is 15.3. The molecule has 1 atom stereocenters. The van der Waals surface area contributed by atoms with Gasteiger partial charge in [0.25, 0.3) is 0 Å². The monoisotopic (exact) mass is 243 g/mol. The molecular formula is C15H21N3. The molecule has 1 saturated heterocycles. The summed E-state index contributed by atoms with van der Waals surface area (Å²) in [6, 6.07) is 8.56. The van der Waals surface area contributed by atoms with Crippen LogP contribution in [0.1, 0.15) is 32.4 Å². The lowest BCUT2D eigenvalue weighted by atomic mass is 9.93.